The van der Waals surface area contributed by atoms with E-state index in [-0.39, 0.29) is 18.0 Å². The van der Waals surface area contributed by atoms with Gasteiger partial charge >= 0.3 is 6.03 Å². The maximum atomic E-state index is 12.5. The van der Waals surface area contributed by atoms with E-state index in [2.05, 4.69) is 17.1 Å². The second kappa shape index (κ2) is 7.87. The van der Waals surface area contributed by atoms with Gasteiger partial charge in [0.1, 0.15) is 5.75 Å². The molecular weight excluding hydrogens is 318 g/mol. The van der Waals surface area contributed by atoms with Gasteiger partial charge in [-0.25, -0.2) is 4.79 Å². The summed E-state index contributed by atoms with van der Waals surface area (Å²) in [6.45, 7) is 5.62. The van der Waals surface area contributed by atoms with Crippen molar-refractivity contribution < 1.29 is 14.3 Å². The van der Waals surface area contributed by atoms with E-state index < -0.39 is 0 Å². The molecule has 1 unspecified atom stereocenters. The largest absolute Gasteiger partial charge is 0.497 e. The van der Waals surface area contributed by atoms with Gasteiger partial charge in [0.2, 0.25) is 5.91 Å². The topological polar surface area (TPSA) is 61.9 Å². The fourth-order valence-corrected chi connectivity index (χ4v) is 3.47. The molecule has 0 aromatic heterocycles. The van der Waals surface area contributed by atoms with Gasteiger partial charge in [-0.15, -0.1) is 0 Å². The van der Waals surface area contributed by atoms with E-state index in [9.17, 15) is 9.59 Å². The van der Waals surface area contributed by atoms with Crippen molar-refractivity contribution in [3.8, 4) is 5.75 Å². The molecule has 1 N–H and O–H groups in total. The van der Waals surface area contributed by atoms with Gasteiger partial charge in [0.15, 0.2) is 0 Å². The van der Waals surface area contributed by atoms with Crippen LogP contribution < -0.4 is 10.1 Å². The van der Waals surface area contributed by atoms with Crippen molar-refractivity contribution >= 4 is 11.9 Å². The van der Waals surface area contributed by atoms with Crippen LogP contribution in [0.15, 0.2) is 24.3 Å². The first kappa shape index (κ1) is 17.7. The molecule has 0 bridgehead atoms. The van der Waals surface area contributed by atoms with E-state index in [1.807, 2.05) is 24.3 Å². The van der Waals surface area contributed by atoms with Gasteiger partial charge in [-0.2, -0.15) is 0 Å². The molecule has 1 aromatic rings. The van der Waals surface area contributed by atoms with E-state index in [1.54, 1.807) is 7.11 Å². The average molecular weight is 345 g/mol. The second-order valence-electron chi connectivity index (χ2n) is 7.05. The van der Waals surface area contributed by atoms with Gasteiger partial charge in [-0.3, -0.25) is 9.69 Å². The van der Waals surface area contributed by atoms with Gasteiger partial charge in [0.05, 0.1) is 19.6 Å². The zero-order chi connectivity index (χ0) is 17.8. The number of amides is 3. The third-order valence-electron chi connectivity index (χ3n) is 5.26. The molecule has 6 heteroatoms. The summed E-state index contributed by atoms with van der Waals surface area (Å²) in [4.78, 5) is 28.5. The lowest BCUT2D eigenvalue weighted by Crippen LogP contribution is -2.53. The molecule has 2 saturated heterocycles. The standard InChI is InChI=1S/C19H27N3O3/c1-14-7-9-21(10-8-14)11-12-22-18(23)13-17(20-19(22)24)15-3-5-16(25-2)6-4-15/h3-6,14,17H,7-13H2,1-2H3,(H,20,24). The highest BCUT2D eigenvalue weighted by molar-refractivity contribution is 5.97. The molecule has 0 aliphatic carbocycles. The van der Waals surface area contributed by atoms with Crippen LogP contribution in [0.1, 0.15) is 37.8 Å². The highest BCUT2D eigenvalue weighted by Crippen LogP contribution is 2.24. The lowest BCUT2D eigenvalue weighted by molar-refractivity contribution is -0.130. The Morgan fingerprint density at radius 2 is 1.80 bits per heavy atom. The number of hydrogen-bond acceptors (Lipinski definition) is 4. The van der Waals surface area contributed by atoms with Crippen LogP contribution in [0, 0.1) is 5.92 Å². The van der Waals surface area contributed by atoms with E-state index in [1.165, 1.54) is 17.7 Å². The lowest BCUT2D eigenvalue weighted by Gasteiger charge is -2.35. The number of rotatable bonds is 5. The molecule has 2 aliphatic rings. The molecule has 0 spiro atoms. The third kappa shape index (κ3) is 4.31. The number of nitrogens with one attached hydrogen (secondary N) is 1. The van der Waals surface area contributed by atoms with Crippen molar-refractivity contribution in [3.05, 3.63) is 29.8 Å². The number of methoxy groups -OCH3 is 1. The van der Waals surface area contributed by atoms with Gasteiger partial charge in [0.25, 0.3) is 0 Å². The number of carbonyl (C=O) groups excluding carboxylic acids is 2. The average Bonchev–Trinajstić information content (AvgIpc) is 2.62. The molecule has 136 valence electrons. The highest BCUT2D eigenvalue weighted by Gasteiger charge is 2.32. The first-order valence-electron chi connectivity index (χ1n) is 9.04. The first-order valence-corrected chi connectivity index (χ1v) is 9.04. The van der Waals surface area contributed by atoms with Gasteiger partial charge in [-0.1, -0.05) is 19.1 Å². The van der Waals surface area contributed by atoms with Crippen molar-refractivity contribution in [2.75, 3.05) is 33.3 Å². The Labute approximate surface area is 149 Å². The molecule has 2 aliphatic heterocycles. The van der Waals surface area contributed by atoms with Crippen LogP contribution in [0.3, 0.4) is 0 Å². The van der Waals surface area contributed by atoms with Crippen LogP contribution >= 0.6 is 0 Å². The second-order valence-corrected chi connectivity index (χ2v) is 7.05. The number of piperidine rings is 1. The maximum absolute atomic E-state index is 12.5. The summed E-state index contributed by atoms with van der Waals surface area (Å²) >= 11 is 0. The molecule has 0 saturated carbocycles. The Balaban J connectivity index is 1.54. The smallest absolute Gasteiger partial charge is 0.324 e. The zero-order valence-corrected chi connectivity index (χ0v) is 15.0. The van der Waals surface area contributed by atoms with Crippen LogP contribution in [0.5, 0.6) is 5.75 Å². The number of carbonyl (C=O) groups is 2. The Morgan fingerprint density at radius 1 is 1.12 bits per heavy atom. The number of imide groups is 1. The summed E-state index contributed by atoms with van der Waals surface area (Å²) in [5, 5.41) is 2.95. The third-order valence-corrected chi connectivity index (χ3v) is 5.26. The van der Waals surface area contributed by atoms with Crippen LogP contribution in [-0.4, -0.2) is 55.0 Å². The molecule has 3 amide bonds. The van der Waals surface area contributed by atoms with Crippen molar-refractivity contribution in [3.63, 3.8) is 0 Å². The minimum Gasteiger partial charge on any atom is -0.497 e. The van der Waals surface area contributed by atoms with E-state index in [4.69, 9.17) is 4.74 Å². The van der Waals surface area contributed by atoms with Gasteiger partial charge < -0.3 is 15.0 Å². The fourth-order valence-electron chi connectivity index (χ4n) is 3.47. The monoisotopic (exact) mass is 345 g/mol. The lowest BCUT2D eigenvalue weighted by atomic mass is 9.99. The predicted octanol–water partition coefficient (Wildman–Crippen LogP) is 2.41. The summed E-state index contributed by atoms with van der Waals surface area (Å²) in [6, 6.07) is 6.91. The fraction of sp³-hybridized carbons (Fsp3) is 0.579. The van der Waals surface area contributed by atoms with E-state index in [0.29, 0.717) is 13.0 Å². The Bertz CT molecular complexity index is 591. The molecule has 1 aromatic carbocycles. The molecule has 2 heterocycles. The SMILES string of the molecule is COc1ccc(C2CC(=O)N(CCN3CCC(C)CC3)C(=O)N2)cc1. The van der Waals surface area contributed by atoms with Crippen LogP contribution in [0.2, 0.25) is 0 Å². The molecule has 1 atom stereocenters. The number of benzene rings is 1. The number of ether oxygens (including phenoxy) is 1. The summed E-state index contributed by atoms with van der Waals surface area (Å²) < 4.78 is 5.14. The van der Waals surface area contributed by atoms with Crippen molar-refractivity contribution in [2.24, 2.45) is 5.92 Å². The molecule has 6 nitrogen and oxygen atoms in total. The number of likely N-dealkylation sites (tertiary alicyclic amines) is 1. The van der Waals surface area contributed by atoms with Crippen molar-refractivity contribution in [1.29, 1.82) is 0 Å². The summed E-state index contributed by atoms with van der Waals surface area (Å²) in [6.07, 6.45) is 2.69. The summed E-state index contributed by atoms with van der Waals surface area (Å²) in [5.74, 6) is 1.44. The number of hydrogen-bond donors (Lipinski definition) is 1. The van der Waals surface area contributed by atoms with E-state index >= 15 is 0 Å². The minimum absolute atomic E-state index is 0.102. The van der Waals surface area contributed by atoms with Crippen molar-refractivity contribution in [1.82, 2.24) is 15.1 Å². The van der Waals surface area contributed by atoms with E-state index in [0.717, 1.165) is 36.9 Å². The predicted molar refractivity (Wildman–Crippen MR) is 95.4 cm³/mol. The Morgan fingerprint density at radius 3 is 2.40 bits per heavy atom. The van der Waals surface area contributed by atoms with Crippen LogP contribution in [0.25, 0.3) is 0 Å². The summed E-state index contributed by atoms with van der Waals surface area (Å²) in [7, 11) is 1.61. The maximum Gasteiger partial charge on any atom is 0.324 e. The number of nitrogens with zero attached hydrogens (tertiary/aromatic N) is 2. The normalized spacial score (nSPS) is 22.8. The van der Waals surface area contributed by atoms with Gasteiger partial charge in [0, 0.05) is 13.1 Å². The van der Waals surface area contributed by atoms with Gasteiger partial charge in [-0.05, 0) is 49.5 Å². The zero-order valence-electron chi connectivity index (χ0n) is 15.0. The molecular formula is C19H27N3O3. The van der Waals surface area contributed by atoms with Crippen molar-refractivity contribution in [2.45, 2.75) is 32.2 Å². The Hall–Kier alpha value is -2.08. The van der Waals surface area contributed by atoms with Crippen LogP contribution in [0.4, 0.5) is 4.79 Å². The Kier molecular flexibility index (Phi) is 5.58. The minimum atomic E-state index is -0.289. The molecule has 25 heavy (non-hydrogen) atoms. The number of urea groups is 1. The highest BCUT2D eigenvalue weighted by atomic mass is 16.5. The molecule has 0 radical (unpaired) electrons. The molecule has 3 rings (SSSR count). The first-order chi connectivity index (χ1) is 12.1. The quantitative estimate of drug-likeness (QED) is 0.890. The molecule has 2 fully saturated rings. The van der Waals surface area contributed by atoms with Crippen LogP contribution in [-0.2, 0) is 4.79 Å². The summed E-state index contributed by atoms with van der Waals surface area (Å²) in [5.41, 5.74) is 0.923.